The van der Waals surface area contributed by atoms with E-state index in [0.29, 0.717) is 5.92 Å². The number of nitrogens with two attached hydrogens (primary N) is 1. The number of thioether (sulfide) groups is 1. The van der Waals surface area contributed by atoms with Gasteiger partial charge in [-0.2, -0.15) is 0 Å². The summed E-state index contributed by atoms with van der Waals surface area (Å²) in [4.78, 5) is 3.23. The minimum Gasteiger partial charge on any atom is -0.393 e. The van der Waals surface area contributed by atoms with Crippen LogP contribution in [0.2, 0.25) is 0 Å². The number of nitrogens with zero attached hydrogens (tertiary/aromatic N) is 1. The molecule has 0 saturated heterocycles. The molecule has 0 heterocycles. The van der Waals surface area contributed by atoms with E-state index in [-0.39, 0.29) is 11.9 Å². The Labute approximate surface area is 124 Å². The second kappa shape index (κ2) is 6.50. The number of rotatable bonds is 6. The number of anilines is 1. The zero-order valence-corrected chi connectivity index (χ0v) is 12.9. The van der Waals surface area contributed by atoms with Crippen molar-refractivity contribution in [3.63, 3.8) is 0 Å². The van der Waals surface area contributed by atoms with Crippen molar-refractivity contribution < 1.29 is 5.11 Å². The van der Waals surface area contributed by atoms with Crippen molar-refractivity contribution in [2.24, 2.45) is 11.7 Å². The first-order chi connectivity index (χ1) is 9.52. The molecule has 0 aliphatic heterocycles. The van der Waals surface area contributed by atoms with Gasteiger partial charge < -0.3 is 15.7 Å². The maximum atomic E-state index is 9.38. The van der Waals surface area contributed by atoms with Crippen LogP contribution in [0.15, 0.2) is 23.1 Å². The summed E-state index contributed by atoms with van der Waals surface area (Å²) in [7, 11) is 2.03. The van der Waals surface area contributed by atoms with Crippen molar-refractivity contribution in [2.45, 2.75) is 30.8 Å². The van der Waals surface area contributed by atoms with Gasteiger partial charge in [0.05, 0.1) is 11.7 Å². The monoisotopic (exact) mass is 293 g/mol. The second-order valence-corrected chi connectivity index (χ2v) is 6.67. The zero-order valence-electron chi connectivity index (χ0n) is 12.1. The summed E-state index contributed by atoms with van der Waals surface area (Å²) < 4.78 is 0. The van der Waals surface area contributed by atoms with Gasteiger partial charge in [0.1, 0.15) is 5.84 Å². The van der Waals surface area contributed by atoms with Crippen LogP contribution in [-0.2, 0) is 0 Å². The van der Waals surface area contributed by atoms with Gasteiger partial charge in [0.15, 0.2) is 0 Å². The van der Waals surface area contributed by atoms with E-state index >= 15 is 0 Å². The lowest BCUT2D eigenvalue weighted by Gasteiger charge is -2.36. The van der Waals surface area contributed by atoms with Crippen molar-refractivity contribution in [3.05, 3.63) is 23.8 Å². The van der Waals surface area contributed by atoms with Gasteiger partial charge in [-0.1, -0.05) is 13.0 Å². The normalized spacial score (nSPS) is 21.4. The molecule has 4 N–H and O–H groups in total. The molecule has 4 nitrogen and oxygen atoms in total. The smallest absolute Gasteiger partial charge is 0.126 e. The molecule has 0 amide bonds. The molecule has 0 bridgehead atoms. The number of benzene rings is 1. The Morgan fingerprint density at radius 1 is 1.50 bits per heavy atom. The molecule has 5 heteroatoms. The standard InChI is InChI=1S/C15H23N3OS/c1-3-20-13-6-4-5-12(14(13)15(16)17)18(2)9-10-7-11(19)8-10/h4-6,10-11,19H,3,7-9H2,1-2H3,(H3,16,17). The van der Waals surface area contributed by atoms with Gasteiger partial charge in [-0.3, -0.25) is 5.41 Å². The van der Waals surface area contributed by atoms with Gasteiger partial charge in [0, 0.05) is 24.2 Å². The van der Waals surface area contributed by atoms with E-state index < -0.39 is 0 Å². The Balaban J connectivity index is 2.20. The van der Waals surface area contributed by atoms with Crippen LogP contribution >= 0.6 is 11.8 Å². The Bertz CT molecular complexity index is 486. The molecule has 1 saturated carbocycles. The summed E-state index contributed by atoms with van der Waals surface area (Å²) in [5.74, 6) is 1.62. The molecule has 1 aliphatic rings. The number of aliphatic hydroxyl groups is 1. The van der Waals surface area contributed by atoms with Crippen LogP contribution in [0.4, 0.5) is 5.69 Å². The van der Waals surface area contributed by atoms with Crippen molar-refractivity contribution in [2.75, 3.05) is 24.2 Å². The molecule has 2 rings (SSSR count). The maximum absolute atomic E-state index is 9.38. The van der Waals surface area contributed by atoms with Gasteiger partial charge in [-0.15, -0.1) is 11.8 Å². The van der Waals surface area contributed by atoms with E-state index in [4.69, 9.17) is 11.1 Å². The largest absolute Gasteiger partial charge is 0.393 e. The third-order valence-corrected chi connectivity index (χ3v) is 4.67. The Kier molecular flexibility index (Phi) is 4.94. The molecule has 110 valence electrons. The summed E-state index contributed by atoms with van der Waals surface area (Å²) >= 11 is 1.71. The highest BCUT2D eigenvalue weighted by Crippen LogP contribution is 2.33. The molecule has 20 heavy (non-hydrogen) atoms. The second-order valence-electron chi connectivity index (χ2n) is 5.37. The lowest BCUT2D eigenvalue weighted by atomic mass is 9.82. The Morgan fingerprint density at radius 2 is 2.20 bits per heavy atom. The summed E-state index contributed by atoms with van der Waals surface area (Å²) in [6.07, 6.45) is 1.63. The predicted octanol–water partition coefficient (Wildman–Crippen LogP) is 2.29. The number of amidine groups is 1. The van der Waals surface area contributed by atoms with Crippen molar-refractivity contribution in [1.82, 2.24) is 0 Å². The lowest BCUT2D eigenvalue weighted by Crippen LogP contribution is -2.37. The molecular formula is C15H23N3OS. The zero-order chi connectivity index (χ0) is 14.7. The minimum atomic E-state index is -0.123. The van der Waals surface area contributed by atoms with Crippen LogP contribution in [0.5, 0.6) is 0 Å². The SMILES string of the molecule is CCSc1cccc(N(C)CC2CC(O)C2)c1C(=N)N. The van der Waals surface area contributed by atoms with Crippen LogP contribution in [0, 0.1) is 11.3 Å². The first-order valence-electron chi connectivity index (χ1n) is 7.02. The van der Waals surface area contributed by atoms with Crippen LogP contribution < -0.4 is 10.6 Å². The predicted molar refractivity (Wildman–Crippen MR) is 85.9 cm³/mol. The highest BCUT2D eigenvalue weighted by molar-refractivity contribution is 7.99. The highest BCUT2D eigenvalue weighted by Gasteiger charge is 2.28. The molecule has 0 unspecified atom stereocenters. The fraction of sp³-hybridized carbons (Fsp3) is 0.533. The van der Waals surface area contributed by atoms with Gasteiger partial charge in [0.2, 0.25) is 0 Å². The molecule has 0 atom stereocenters. The topological polar surface area (TPSA) is 73.3 Å². The third kappa shape index (κ3) is 3.27. The quantitative estimate of drug-likeness (QED) is 0.427. The average molecular weight is 293 g/mol. The number of aliphatic hydroxyl groups excluding tert-OH is 1. The van der Waals surface area contributed by atoms with Crippen LogP contribution in [0.1, 0.15) is 25.3 Å². The van der Waals surface area contributed by atoms with Crippen molar-refractivity contribution >= 4 is 23.3 Å². The van der Waals surface area contributed by atoms with Crippen LogP contribution in [-0.4, -0.2) is 36.4 Å². The molecular weight excluding hydrogens is 270 g/mol. The van der Waals surface area contributed by atoms with Gasteiger partial charge in [-0.25, -0.2) is 0 Å². The fourth-order valence-corrected chi connectivity index (χ4v) is 3.56. The first-order valence-corrected chi connectivity index (χ1v) is 8.00. The lowest BCUT2D eigenvalue weighted by molar-refractivity contribution is 0.0465. The van der Waals surface area contributed by atoms with Crippen molar-refractivity contribution in [1.29, 1.82) is 5.41 Å². The summed E-state index contributed by atoms with van der Waals surface area (Å²) in [5, 5.41) is 17.2. The van der Waals surface area contributed by atoms with E-state index in [1.807, 2.05) is 25.2 Å². The van der Waals surface area contributed by atoms with Gasteiger partial charge in [0.25, 0.3) is 0 Å². The van der Waals surface area contributed by atoms with E-state index in [1.165, 1.54) is 0 Å². The minimum absolute atomic E-state index is 0.122. The number of hydrogen-bond donors (Lipinski definition) is 3. The van der Waals surface area contributed by atoms with E-state index in [2.05, 4.69) is 11.8 Å². The molecule has 1 fully saturated rings. The molecule has 0 spiro atoms. The van der Waals surface area contributed by atoms with Crippen LogP contribution in [0.3, 0.4) is 0 Å². The molecule has 1 aliphatic carbocycles. The van der Waals surface area contributed by atoms with Crippen molar-refractivity contribution in [3.8, 4) is 0 Å². The summed E-state index contributed by atoms with van der Waals surface area (Å²) in [6, 6.07) is 6.06. The number of hydrogen-bond acceptors (Lipinski definition) is 4. The fourth-order valence-electron chi connectivity index (χ4n) is 2.72. The number of nitrogen functional groups attached to an aromatic ring is 1. The van der Waals surface area contributed by atoms with E-state index in [1.54, 1.807) is 11.8 Å². The molecule has 0 radical (unpaired) electrons. The van der Waals surface area contributed by atoms with Gasteiger partial charge >= 0.3 is 0 Å². The Morgan fingerprint density at radius 3 is 2.75 bits per heavy atom. The van der Waals surface area contributed by atoms with Crippen LogP contribution in [0.25, 0.3) is 0 Å². The van der Waals surface area contributed by atoms with Gasteiger partial charge in [-0.05, 0) is 36.6 Å². The summed E-state index contributed by atoms with van der Waals surface area (Å²) in [6.45, 7) is 3.00. The third-order valence-electron chi connectivity index (χ3n) is 3.73. The summed E-state index contributed by atoms with van der Waals surface area (Å²) in [5.41, 5.74) is 7.63. The maximum Gasteiger partial charge on any atom is 0.126 e. The van der Waals surface area contributed by atoms with E-state index in [9.17, 15) is 5.11 Å². The molecule has 1 aromatic carbocycles. The Hall–Kier alpha value is -1.20. The molecule has 1 aromatic rings. The average Bonchev–Trinajstić information content (AvgIpc) is 2.36. The number of nitrogens with one attached hydrogen (secondary N) is 1. The van der Waals surface area contributed by atoms with E-state index in [0.717, 1.165) is 41.3 Å². The first kappa shape index (κ1) is 15.2. The highest BCUT2D eigenvalue weighted by atomic mass is 32.2. The molecule has 0 aromatic heterocycles.